The first kappa shape index (κ1) is 12.9. The summed E-state index contributed by atoms with van der Waals surface area (Å²) in [6.45, 7) is 6.63. The topological polar surface area (TPSA) is 15.8 Å². The second-order valence-electron chi connectivity index (χ2n) is 6.24. The molecular formula is C18H18FN. The fraction of sp³-hybridized carbons (Fsp3) is 0.222. The van der Waals surface area contributed by atoms with Crippen LogP contribution in [0.3, 0.4) is 0 Å². The van der Waals surface area contributed by atoms with Gasteiger partial charge in [0, 0.05) is 16.6 Å². The van der Waals surface area contributed by atoms with Crippen LogP contribution in [-0.2, 0) is 5.41 Å². The van der Waals surface area contributed by atoms with Crippen LogP contribution in [0.4, 0.5) is 4.39 Å². The molecule has 1 N–H and O–H groups in total. The van der Waals surface area contributed by atoms with Crippen molar-refractivity contribution in [2.75, 3.05) is 0 Å². The summed E-state index contributed by atoms with van der Waals surface area (Å²) in [4.78, 5) is 3.39. The van der Waals surface area contributed by atoms with Gasteiger partial charge in [-0.05, 0) is 59.0 Å². The summed E-state index contributed by atoms with van der Waals surface area (Å²) in [7, 11) is 0. The van der Waals surface area contributed by atoms with E-state index in [1.54, 1.807) is 12.1 Å². The van der Waals surface area contributed by atoms with E-state index in [0.717, 1.165) is 16.8 Å². The van der Waals surface area contributed by atoms with Gasteiger partial charge in [0.25, 0.3) is 0 Å². The van der Waals surface area contributed by atoms with E-state index >= 15 is 0 Å². The standard InChI is InChI=1S/C18H18FN/c1-18(2,3)14-6-9-16-13(10-14)11-17(20-16)12-4-7-15(19)8-5-12/h4-11,20H,1-3H3. The van der Waals surface area contributed by atoms with Crippen molar-refractivity contribution in [1.29, 1.82) is 0 Å². The number of nitrogens with one attached hydrogen (secondary N) is 1. The largest absolute Gasteiger partial charge is 0.355 e. The van der Waals surface area contributed by atoms with E-state index in [1.807, 2.05) is 0 Å². The van der Waals surface area contributed by atoms with E-state index in [2.05, 4.69) is 50.0 Å². The minimum atomic E-state index is -0.208. The molecule has 102 valence electrons. The van der Waals surface area contributed by atoms with Crippen molar-refractivity contribution in [3.8, 4) is 11.3 Å². The second-order valence-corrected chi connectivity index (χ2v) is 6.24. The lowest BCUT2D eigenvalue weighted by Gasteiger charge is -2.18. The van der Waals surface area contributed by atoms with Crippen LogP contribution in [0, 0.1) is 5.82 Å². The molecule has 3 rings (SSSR count). The van der Waals surface area contributed by atoms with Gasteiger partial charge in [-0.1, -0.05) is 26.8 Å². The van der Waals surface area contributed by atoms with Crippen molar-refractivity contribution in [3.63, 3.8) is 0 Å². The Balaban J connectivity index is 2.09. The molecule has 0 saturated carbocycles. The van der Waals surface area contributed by atoms with Gasteiger partial charge in [-0.3, -0.25) is 0 Å². The highest BCUT2D eigenvalue weighted by atomic mass is 19.1. The van der Waals surface area contributed by atoms with E-state index < -0.39 is 0 Å². The molecule has 20 heavy (non-hydrogen) atoms. The second kappa shape index (κ2) is 4.48. The average molecular weight is 267 g/mol. The third-order valence-corrected chi connectivity index (χ3v) is 3.64. The minimum Gasteiger partial charge on any atom is -0.355 e. The zero-order chi connectivity index (χ0) is 14.3. The molecule has 0 spiro atoms. The van der Waals surface area contributed by atoms with Gasteiger partial charge < -0.3 is 4.98 Å². The summed E-state index contributed by atoms with van der Waals surface area (Å²) in [5.41, 5.74) is 4.58. The maximum absolute atomic E-state index is 13.0. The third-order valence-electron chi connectivity index (χ3n) is 3.64. The van der Waals surface area contributed by atoms with Gasteiger partial charge in [0.05, 0.1) is 0 Å². The van der Waals surface area contributed by atoms with Crippen LogP contribution < -0.4 is 0 Å². The molecule has 0 unspecified atom stereocenters. The van der Waals surface area contributed by atoms with Crippen LogP contribution in [0.5, 0.6) is 0 Å². The van der Waals surface area contributed by atoms with Crippen LogP contribution in [-0.4, -0.2) is 4.98 Å². The predicted octanol–water partition coefficient (Wildman–Crippen LogP) is 5.27. The molecule has 0 aliphatic heterocycles. The highest BCUT2D eigenvalue weighted by Gasteiger charge is 2.14. The molecule has 0 radical (unpaired) electrons. The number of hydrogen-bond acceptors (Lipinski definition) is 0. The fourth-order valence-corrected chi connectivity index (χ4v) is 2.38. The fourth-order valence-electron chi connectivity index (χ4n) is 2.38. The Morgan fingerprint density at radius 3 is 2.25 bits per heavy atom. The maximum Gasteiger partial charge on any atom is 0.123 e. The summed E-state index contributed by atoms with van der Waals surface area (Å²) in [5.74, 6) is -0.208. The van der Waals surface area contributed by atoms with Crippen molar-refractivity contribution in [2.24, 2.45) is 0 Å². The number of benzene rings is 2. The molecule has 0 amide bonds. The lowest BCUT2D eigenvalue weighted by Crippen LogP contribution is -2.10. The van der Waals surface area contributed by atoms with Crippen LogP contribution in [0.15, 0.2) is 48.5 Å². The van der Waals surface area contributed by atoms with E-state index in [0.29, 0.717) is 0 Å². The van der Waals surface area contributed by atoms with E-state index in [1.165, 1.54) is 23.1 Å². The van der Waals surface area contributed by atoms with Gasteiger partial charge in [-0.15, -0.1) is 0 Å². The SMILES string of the molecule is CC(C)(C)c1ccc2[nH]c(-c3ccc(F)cc3)cc2c1. The van der Waals surface area contributed by atoms with Crippen molar-refractivity contribution < 1.29 is 4.39 Å². The van der Waals surface area contributed by atoms with Crippen LogP contribution in [0.2, 0.25) is 0 Å². The molecule has 0 aliphatic carbocycles. The minimum absolute atomic E-state index is 0.140. The summed E-state index contributed by atoms with van der Waals surface area (Å²) >= 11 is 0. The van der Waals surface area contributed by atoms with Crippen molar-refractivity contribution >= 4 is 10.9 Å². The van der Waals surface area contributed by atoms with Crippen LogP contribution in [0.1, 0.15) is 26.3 Å². The molecule has 1 heterocycles. The number of H-pyrrole nitrogens is 1. The zero-order valence-electron chi connectivity index (χ0n) is 12.0. The third kappa shape index (κ3) is 2.34. The molecule has 1 aromatic heterocycles. The van der Waals surface area contributed by atoms with Crippen LogP contribution in [0.25, 0.3) is 22.2 Å². The van der Waals surface area contributed by atoms with Crippen LogP contribution >= 0.6 is 0 Å². The normalized spacial score (nSPS) is 12.0. The Bertz CT molecular complexity index is 745. The smallest absolute Gasteiger partial charge is 0.123 e. The zero-order valence-corrected chi connectivity index (χ0v) is 12.0. The predicted molar refractivity (Wildman–Crippen MR) is 82.4 cm³/mol. The first-order valence-electron chi connectivity index (χ1n) is 6.83. The number of rotatable bonds is 1. The van der Waals surface area contributed by atoms with Gasteiger partial charge in [-0.2, -0.15) is 0 Å². The van der Waals surface area contributed by atoms with Gasteiger partial charge in [-0.25, -0.2) is 4.39 Å². The van der Waals surface area contributed by atoms with E-state index in [-0.39, 0.29) is 11.2 Å². The number of aromatic amines is 1. The van der Waals surface area contributed by atoms with Crippen molar-refractivity contribution in [2.45, 2.75) is 26.2 Å². The van der Waals surface area contributed by atoms with Gasteiger partial charge >= 0.3 is 0 Å². The van der Waals surface area contributed by atoms with Gasteiger partial charge in [0.15, 0.2) is 0 Å². The Kier molecular flexibility index (Phi) is 2.89. The maximum atomic E-state index is 13.0. The lowest BCUT2D eigenvalue weighted by atomic mass is 9.86. The molecule has 0 aliphatic rings. The number of halogens is 1. The highest BCUT2D eigenvalue weighted by Crippen LogP contribution is 2.29. The Morgan fingerprint density at radius 2 is 1.60 bits per heavy atom. The first-order valence-corrected chi connectivity index (χ1v) is 6.83. The summed E-state index contributed by atoms with van der Waals surface area (Å²) in [6, 6.07) is 15.2. The first-order chi connectivity index (χ1) is 9.43. The molecule has 0 atom stereocenters. The Labute approximate surface area is 118 Å². The molecule has 0 bridgehead atoms. The molecule has 2 heteroatoms. The number of hydrogen-bond donors (Lipinski definition) is 1. The highest BCUT2D eigenvalue weighted by molar-refractivity contribution is 5.86. The lowest BCUT2D eigenvalue weighted by molar-refractivity contribution is 0.591. The number of fused-ring (bicyclic) bond motifs is 1. The molecule has 0 saturated heterocycles. The summed E-state index contributed by atoms with van der Waals surface area (Å²) in [6.07, 6.45) is 0. The Hall–Kier alpha value is -2.09. The molecule has 0 fully saturated rings. The number of aromatic nitrogens is 1. The molecular weight excluding hydrogens is 249 g/mol. The summed E-state index contributed by atoms with van der Waals surface area (Å²) < 4.78 is 13.0. The monoisotopic (exact) mass is 267 g/mol. The van der Waals surface area contributed by atoms with E-state index in [4.69, 9.17) is 0 Å². The quantitative estimate of drug-likeness (QED) is 0.618. The average Bonchev–Trinajstić information content (AvgIpc) is 2.81. The molecule has 1 nitrogen and oxygen atoms in total. The Morgan fingerprint density at radius 1 is 0.900 bits per heavy atom. The van der Waals surface area contributed by atoms with Crippen molar-refractivity contribution in [3.05, 3.63) is 59.9 Å². The van der Waals surface area contributed by atoms with Gasteiger partial charge in [0.1, 0.15) is 5.82 Å². The van der Waals surface area contributed by atoms with E-state index in [9.17, 15) is 4.39 Å². The molecule has 2 aromatic carbocycles. The molecule has 3 aromatic rings. The van der Waals surface area contributed by atoms with Gasteiger partial charge in [0.2, 0.25) is 0 Å². The summed E-state index contributed by atoms with van der Waals surface area (Å²) in [5, 5.41) is 1.19. The van der Waals surface area contributed by atoms with Crippen molar-refractivity contribution in [1.82, 2.24) is 4.98 Å².